The predicted molar refractivity (Wildman–Crippen MR) is 66.3 cm³/mol. The van der Waals surface area contributed by atoms with Crippen LogP contribution in [-0.4, -0.2) is 10.9 Å². The Morgan fingerprint density at radius 3 is 2.29 bits per heavy atom. The van der Waals surface area contributed by atoms with Crippen molar-refractivity contribution in [3.05, 3.63) is 53.2 Å². The minimum atomic E-state index is -1.71. The largest absolute Gasteiger partial charge is 0.316 e. The van der Waals surface area contributed by atoms with Gasteiger partial charge in [0.2, 0.25) is 0 Å². The molecule has 1 aromatic heterocycles. The molecule has 1 heterocycles. The molecule has 110 valence electrons. The number of carbonyl (C=O) groups excluding carboxylic acids is 1. The lowest BCUT2D eigenvalue weighted by Crippen LogP contribution is -2.18. The number of nitrogens with zero attached hydrogens (tertiary/aromatic N) is 1. The summed E-state index contributed by atoms with van der Waals surface area (Å²) >= 11 is 0. The van der Waals surface area contributed by atoms with Crippen LogP contribution in [-0.2, 0) is 0 Å². The van der Waals surface area contributed by atoms with Gasteiger partial charge in [-0.2, -0.15) is 0 Å². The molecule has 0 atom stereocenters. The molecule has 0 saturated carbocycles. The van der Waals surface area contributed by atoms with Gasteiger partial charge in [0.25, 0.3) is 5.91 Å². The first-order chi connectivity index (χ1) is 9.93. The Morgan fingerprint density at radius 2 is 1.71 bits per heavy atom. The molecule has 2 aromatic rings. The van der Waals surface area contributed by atoms with Crippen molar-refractivity contribution in [3.8, 4) is 0 Å². The highest BCUT2D eigenvalue weighted by atomic mass is 19.2. The molecule has 0 aliphatic carbocycles. The lowest BCUT2D eigenvalue weighted by molar-refractivity contribution is 0.102. The van der Waals surface area contributed by atoms with Crippen molar-refractivity contribution >= 4 is 17.4 Å². The molecule has 0 saturated heterocycles. The third-order valence-corrected chi connectivity index (χ3v) is 2.48. The van der Waals surface area contributed by atoms with Crippen LogP contribution in [0.2, 0.25) is 0 Å². The molecule has 0 spiro atoms. The van der Waals surface area contributed by atoms with E-state index in [-0.39, 0.29) is 17.6 Å². The van der Waals surface area contributed by atoms with Crippen LogP contribution in [0.15, 0.2) is 24.3 Å². The van der Waals surface area contributed by atoms with Gasteiger partial charge in [-0.1, -0.05) is 6.07 Å². The third kappa shape index (κ3) is 2.92. The summed E-state index contributed by atoms with van der Waals surface area (Å²) in [5.74, 6) is -2.53. The average molecular weight is 300 g/mol. The van der Waals surface area contributed by atoms with Crippen LogP contribution >= 0.6 is 0 Å². The lowest BCUT2D eigenvalue weighted by atomic mass is 10.2. The van der Waals surface area contributed by atoms with E-state index in [2.05, 4.69) is 10.4 Å². The van der Waals surface area contributed by atoms with Crippen LogP contribution < -0.4 is 16.6 Å². The number of nitrogens with two attached hydrogens (primary N) is 1. The number of nitrogens with one attached hydrogen (secondary N) is 2. The van der Waals surface area contributed by atoms with Crippen molar-refractivity contribution < 1.29 is 22.4 Å². The zero-order valence-corrected chi connectivity index (χ0v) is 10.3. The molecule has 0 unspecified atom stereocenters. The second kappa shape index (κ2) is 5.75. The number of hydrogen-bond acceptors (Lipinski definition) is 4. The van der Waals surface area contributed by atoms with Gasteiger partial charge in [0.15, 0.2) is 23.3 Å². The molecule has 1 aromatic carbocycles. The number of halogens is 4. The third-order valence-electron chi connectivity index (χ3n) is 2.48. The highest BCUT2D eigenvalue weighted by Crippen LogP contribution is 2.24. The van der Waals surface area contributed by atoms with Gasteiger partial charge in [-0.25, -0.2) is 28.4 Å². The summed E-state index contributed by atoms with van der Waals surface area (Å²) < 4.78 is 52.9. The van der Waals surface area contributed by atoms with E-state index in [1.54, 1.807) is 5.32 Å². The maximum absolute atomic E-state index is 13.4. The van der Waals surface area contributed by atoms with Crippen LogP contribution in [0.1, 0.15) is 10.5 Å². The molecule has 0 fully saturated rings. The van der Waals surface area contributed by atoms with E-state index in [0.29, 0.717) is 0 Å². The van der Waals surface area contributed by atoms with Crippen molar-refractivity contribution in [2.75, 3.05) is 10.7 Å². The van der Waals surface area contributed by atoms with Crippen molar-refractivity contribution in [1.29, 1.82) is 0 Å². The fraction of sp³-hybridized carbons (Fsp3) is 0. The normalized spacial score (nSPS) is 10.3. The number of aromatic nitrogens is 1. The first-order valence-electron chi connectivity index (χ1n) is 5.52. The van der Waals surface area contributed by atoms with Crippen molar-refractivity contribution in [2.24, 2.45) is 5.84 Å². The Labute approximate surface area is 115 Å². The molecule has 9 heteroatoms. The minimum Gasteiger partial charge on any atom is -0.316 e. The van der Waals surface area contributed by atoms with E-state index in [1.165, 1.54) is 18.2 Å². The Morgan fingerprint density at radius 1 is 1.10 bits per heavy atom. The van der Waals surface area contributed by atoms with Gasteiger partial charge in [-0.05, 0) is 12.1 Å². The van der Waals surface area contributed by atoms with Crippen LogP contribution in [0, 0.1) is 23.3 Å². The topological polar surface area (TPSA) is 80.0 Å². The van der Waals surface area contributed by atoms with E-state index in [0.717, 1.165) is 0 Å². The van der Waals surface area contributed by atoms with E-state index in [9.17, 15) is 22.4 Å². The highest BCUT2D eigenvalue weighted by molar-refractivity contribution is 6.03. The Kier molecular flexibility index (Phi) is 4.03. The number of benzene rings is 1. The van der Waals surface area contributed by atoms with Gasteiger partial charge in [-0.3, -0.25) is 4.79 Å². The zero-order chi connectivity index (χ0) is 15.6. The molecule has 4 N–H and O–H groups in total. The van der Waals surface area contributed by atoms with E-state index >= 15 is 0 Å². The number of hydrogen-bond donors (Lipinski definition) is 3. The standard InChI is InChI=1S/C12H8F4N4O/c13-5-4-6(14)10(16)11(9(5)15)19-12(21)7-2-1-3-8(18-7)20-17/h1-4H,17H2,(H,18,20)(H,19,21). The number of amides is 1. The number of carbonyl (C=O) groups is 1. The number of anilines is 2. The van der Waals surface area contributed by atoms with Crippen LogP contribution in [0.5, 0.6) is 0 Å². The predicted octanol–water partition coefficient (Wildman–Crippen LogP) is 2.18. The fourth-order valence-corrected chi connectivity index (χ4v) is 1.50. The second-order valence-corrected chi connectivity index (χ2v) is 3.85. The first kappa shape index (κ1) is 14.7. The quantitative estimate of drug-likeness (QED) is 0.351. The first-order valence-corrected chi connectivity index (χ1v) is 5.52. The van der Waals surface area contributed by atoms with E-state index in [1.807, 2.05) is 0 Å². The van der Waals surface area contributed by atoms with Crippen LogP contribution in [0.25, 0.3) is 0 Å². The molecule has 0 aliphatic rings. The summed E-state index contributed by atoms with van der Waals surface area (Å²) in [5.41, 5.74) is 0.681. The highest BCUT2D eigenvalue weighted by Gasteiger charge is 2.21. The van der Waals surface area contributed by atoms with Crippen molar-refractivity contribution in [2.45, 2.75) is 0 Å². The van der Waals surface area contributed by atoms with Gasteiger partial charge in [0.1, 0.15) is 17.2 Å². The molecular formula is C12H8F4N4O. The number of hydrazine groups is 1. The van der Waals surface area contributed by atoms with Gasteiger partial charge in [0.05, 0.1) is 0 Å². The van der Waals surface area contributed by atoms with Crippen LogP contribution in [0.4, 0.5) is 29.1 Å². The lowest BCUT2D eigenvalue weighted by Gasteiger charge is -2.09. The van der Waals surface area contributed by atoms with Gasteiger partial charge in [0, 0.05) is 6.07 Å². The maximum Gasteiger partial charge on any atom is 0.274 e. The summed E-state index contributed by atoms with van der Waals surface area (Å²) in [6.07, 6.45) is 0. The smallest absolute Gasteiger partial charge is 0.274 e. The Hall–Kier alpha value is -2.68. The Balaban J connectivity index is 2.36. The number of nitrogen functional groups attached to an aromatic ring is 1. The summed E-state index contributed by atoms with van der Waals surface area (Å²) in [4.78, 5) is 15.5. The van der Waals surface area contributed by atoms with Crippen molar-refractivity contribution in [1.82, 2.24) is 4.98 Å². The van der Waals surface area contributed by atoms with Crippen LogP contribution in [0.3, 0.4) is 0 Å². The molecule has 0 radical (unpaired) electrons. The molecular weight excluding hydrogens is 292 g/mol. The molecule has 1 amide bonds. The average Bonchev–Trinajstić information content (AvgIpc) is 2.49. The number of rotatable bonds is 3. The summed E-state index contributed by atoms with van der Waals surface area (Å²) in [5, 5.41) is 1.73. The van der Waals surface area contributed by atoms with Crippen molar-refractivity contribution in [3.63, 3.8) is 0 Å². The number of pyridine rings is 1. The zero-order valence-electron chi connectivity index (χ0n) is 10.3. The summed E-state index contributed by atoms with van der Waals surface area (Å²) in [6.45, 7) is 0. The fourth-order valence-electron chi connectivity index (χ4n) is 1.50. The SMILES string of the molecule is NNc1cccc(C(=O)Nc2c(F)c(F)cc(F)c2F)n1. The minimum absolute atomic E-state index is 0.0392. The van der Waals surface area contributed by atoms with Gasteiger partial charge < -0.3 is 10.7 Å². The molecule has 0 aliphatic heterocycles. The van der Waals surface area contributed by atoms with Gasteiger partial charge in [-0.15, -0.1) is 0 Å². The molecule has 21 heavy (non-hydrogen) atoms. The maximum atomic E-state index is 13.4. The molecule has 5 nitrogen and oxygen atoms in total. The summed E-state index contributed by atoms with van der Waals surface area (Å²) in [6, 6.07) is 4.09. The monoisotopic (exact) mass is 300 g/mol. The van der Waals surface area contributed by atoms with E-state index < -0.39 is 34.9 Å². The Bertz CT molecular complexity index is 682. The second-order valence-electron chi connectivity index (χ2n) is 3.85. The van der Waals surface area contributed by atoms with Gasteiger partial charge >= 0.3 is 0 Å². The molecule has 2 rings (SSSR count). The summed E-state index contributed by atoms with van der Waals surface area (Å²) in [7, 11) is 0. The molecule has 0 bridgehead atoms. The van der Waals surface area contributed by atoms with E-state index in [4.69, 9.17) is 5.84 Å².